The van der Waals surface area contributed by atoms with Crippen molar-refractivity contribution < 1.29 is 10.3 Å². The lowest BCUT2D eigenvalue weighted by Crippen LogP contribution is -2.12. The van der Waals surface area contributed by atoms with Gasteiger partial charge in [-0.1, -0.05) is 18.2 Å². The Labute approximate surface area is 116 Å². The van der Waals surface area contributed by atoms with Crippen LogP contribution in [0, 0.1) is 0 Å². The van der Waals surface area contributed by atoms with Crippen LogP contribution in [0.3, 0.4) is 0 Å². The third-order valence-electron chi connectivity index (χ3n) is 2.82. The number of carbonyl (C=O) groups is 1. The number of anilines is 2. The van der Waals surface area contributed by atoms with E-state index in [0.29, 0.717) is 5.69 Å². The molecule has 94 valence electrons. The fourth-order valence-electron chi connectivity index (χ4n) is 1.91. The van der Waals surface area contributed by atoms with Crippen LogP contribution in [0.4, 0.5) is 17.1 Å². The summed E-state index contributed by atoms with van der Waals surface area (Å²) in [7, 11) is 0. The van der Waals surface area contributed by atoms with Gasteiger partial charge in [0.2, 0.25) is 5.91 Å². The molecule has 0 radical (unpaired) electrons. The van der Waals surface area contributed by atoms with Crippen molar-refractivity contribution in [1.29, 1.82) is 0 Å². The maximum absolute atomic E-state index is 12.0. The molecule has 1 heterocycles. The van der Waals surface area contributed by atoms with Gasteiger partial charge >= 0.3 is 0 Å². The quantitative estimate of drug-likeness (QED) is 0.640. The van der Waals surface area contributed by atoms with Crippen molar-refractivity contribution in [3.63, 3.8) is 0 Å². The maximum atomic E-state index is 12.0. The van der Waals surface area contributed by atoms with E-state index in [0.717, 1.165) is 5.56 Å². The zero-order valence-corrected chi connectivity index (χ0v) is 9.90. The Balaban J connectivity index is 2.04. The highest BCUT2D eigenvalue weighted by Gasteiger charge is 2.28. The van der Waals surface area contributed by atoms with Crippen LogP contribution in [0.15, 0.2) is 53.4 Å². The van der Waals surface area contributed by atoms with Gasteiger partial charge in [-0.25, -0.2) is 0 Å². The summed E-state index contributed by atoms with van der Waals surface area (Å²) in [5, 5.41) is 2.73. The zero-order chi connectivity index (χ0) is 16.7. The Hall–Kier alpha value is -2.62. The van der Waals surface area contributed by atoms with E-state index in [1.54, 1.807) is 24.3 Å². The van der Waals surface area contributed by atoms with E-state index < -0.39 is 5.92 Å². The Morgan fingerprint density at radius 2 is 2.00 bits per heavy atom. The van der Waals surface area contributed by atoms with Crippen molar-refractivity contribution in [2.24, 2.45) is 4.99 Å². The number of amides is 1. The molecule has 1 amide bonds. The van der Waals surface area contributed by atoms with E-state index in [2.05, 4.69) is 10.3 Å². The summed E-state index contributed by atoms with van der Waals surface area (Å²) >= 11 is 0. The van der Waals surface area contributed by atoms with Gasteiger partial charge in [0.1, 0.15) is 5.92 Å². The molecule has 0 aliphatic carbocycles. The van der Waals surface area contributed by atoms with E-state index in [-0.39, 0.29) is 41.5 Å². The van der Waals surface area contributed by atoms with E-state index in [1.807, 2.05) is 0 Å². The molecule has 0 saturated carbocycles. The van der Waals surface area contributed by atoms with E-state index in [9.17, 15) is 4.79 Å². The molecule has 0 saturated heterocycles. The first-order valence-corrected chi connectivity index (χ1v) is 5.71. The van der Waals surface area contributed by atoms with Gasteiger partial charge in [0.15, 0.2) is 0 Å². The van der Waals surface area contributed by atoms with E-state index in [1.165, 1.54) is 6.21 Å². The van der Waals surface area contributed by atoms with Crippen LogP contribution in [0.1, 0.15) is 17.0 Å². The zero-order valence-electron chi connectivity index (χ0n) is 13.9. The topological polar surface area (TPSA) is 67.5 Å². The first-order chi connectivity index (χ1) is 10.9. The molecular weight excluding hydrogens is 238 g/mol. The Kier molecular flexibility index (Phi) is 1.86. The number of hydrogen-bond acceptors (Lipinski definition) is 3. The van der Waals surface area contributed by atoms with Gasteiger partial charge in [0.25, 0.3) is 0 Å². The minimum Gasteiger partial charge on any atom is -0.399 e. The monoisotopic (exact) mass is 255 g/mol. The van der Waals surface area contributed by atoms with Crippen LogP contribution < -0.4 is 11.1 Å². The highest BCUT2D eigenvalue weighted by molar-refractivity contribution is 6.12. The largest absolute Gasteiger partial charge is 0.399 e. The minimum absolute atomic E-state index is 0.133. The number of nitrogens with two attached hydrogens (primary N) is 1. The number of carbonyl (C=O) groups excluding carboxylic acids is 1. The van der Waals surface area contributed by atoms with Crippen molar-refractivity contribution >= 4 is 29.2 Å². The standard InChI is InChI=1S/C15H13N3O/c16-10-5-7-11(8-6-10)17-9-13-12-3-1-2-4-14(12)18-15(13)19/h1-9,13H,16H2,(H,18,19)/i5D,6D,7D,8D. The molecule has 2 aromatic carbocycles. The smallest absolute Gasteiger partial charge is 0.237 e. The summed E-state index contributed by atoms with van der Waals surface area (Å²) in [5.41, 5.74) is 6.63. The Morgan fingerprint density at radius 1 is 1.26 bits per heavy atom. The van der Waals surface area contributed by atoms with Crippen LogP contribution in [0.5, 0.6) is 0 Å². The third-order valence-corrected chi connectivity index (χ3v) is 2.82. The first-order valence-electron chi connectivity index (χ1n) is 7.71. The lowest BCUT2D eigenvalue weighted by molar-refractivity contribution is -0.115. The van der Waals surface area contributed by atoms with Crippen LogP contribution in [-0.4, -0.2) is 12.1 Å². The first kappa shape index (κ1) is 7.74. The fraction of sp³-hybridized carbons (Fsp3) is 0.0667. The molecule has 1 unspecified atom stereocenters. The molecule has 0 bridgehead atoms. The number of nitrogen functional groups attached to an aromatic ring is 1. The number of fused-ring (bicyclic) bond motifs is 1. The predicted octanol–water partition coefficient (Wildman–Crippen LogP) is 2.71. The van der Waals surface area contributed by atoms with Crippen LogP contribution in [-0.2, 0) is 4.79 Å². The highest BCUT2D eigenvalue weighted by atomic mass is 16.2. The number of para-hydroxylation sites is 1. The second kappa shape index (κ2) is 4.57. The molecule has 19 heavy (non-hydrogen) atoms. The molecule has 1 aliphatic heterocycles. The maximum Gasteiger partial charge on any atom is 0.237 e. The molecule has 3 rings (SSSR count). The molecule has 0 aromatic heterocycles. The van der Waals surface area contributed by atoms with Crippen molar-refractivity contribution in [3.05, 3.63) is 54.0 Å². The molecule has 4 nitrogen and oxygen atoms in total. The lowest BCUT2D eigenvalue weighted by atomic mass is 10.0. The Bertz CT molecular complexity index is 822. The summed E-state index contributed by atoms with van der Waals surface area (Å²) in [5.74, 6) is -0.883. The number of rotatable bonds is 2. The molecular formula is C15H13N3O. The molecule has 4 heteroatoms. The van der Waals surface area contributed by atoms with Crippen molar-refractivity contribution in [3.8, 4) is 0 Å². The average Bonchev–Trinajstić information content (AvgIpc) is 2.87. The summed E-state index contributed by atoms with van der Waals surface area (Å²) in [6.45, 7) is 0. The van der Waals surface area contributed by atoms with E-state index in [4.69, 9.17) is 11.2 Å². The van der Waals surface area contributed by atoms with Gasteiger partial charge in [-0.3, -0.25) is 9.79 Å². The lowest BCUT2D eigenvalue weighted by Gasteiger charge is -2.01. The number of hydrogen-bond donors (Lipinski definition) is 2. The van der Waals surface area contributed by atoms with Crippen molar-refractivity contribution in [2.75, 3.05) is 11.1 Å². The van der Waals surface area contributed by atoms with Gasteiger partial charge in [-0.05, 0) is 35.8 Å². The average molecular weight is 255 g/mol. The third kappa shape index (κ3) is 2.20. The van der Waals surface area contributed by atoms with Crippen LogP contribution in [0.2, 0.25) is 0 Å². The van der Waals surface area contributed by atoms with Gasteiger partial charge in [0.05, 0.1) is 11.2 Å². The SMILES string of the molecule is [2H]c1c([2H])c(N=CC2C(=O)Nc3ccccc32)c([2H])c([2H])c1N. The van der Waals surface area contributed by atoms with Gasteiger partial charge in [-0.15, -0.1) is 0 Å². The van der Waals surface area contributed by atoms with E-state index >= 15 is 0 Å². The molecule has 0 spiro atoms. The minimum atomic E-state index is -0.633. The predicted molar refractivity (Wildman–Crippen MR) is 76.8 cm³/mol. The summed E-state index contributed by atoms with van der Waals surface area (Å²) in [4.78, 5) is 16.1. The van der Waals surface area contributed by atoms with Gasteiger partial charge in [0, 0.05) is 17.6 Å². The molecule has 0 fully saturated rings. The van der Waals surface area contributed by atoms with Crippen LogP contribution in [0.25, 0.3) is 0 Å². The number of benzene rings is 2. The molecule has 3 N–H and O–H groups in total. The molecule has 1 atom stereocenters. The summed E-state index contributed by atoms with van der Waals surface area (Å²) in [6, 6.07) is 5.85. The Morgan fingerprint density at radius 3 is 2.79 bits per heavy atom. The summed E-state index contributed by atoms with van der Waals surface area (Å²) < 4.78 is 31.1. The van der Waals surface area contributed by atoms with Crippen molar-refractivity contribution in [1.82, 2.24) is 0 Å². The normalized spacial score (nSPS) is 20.4. The fourth-order valence-corrected chi connectivity index (χ4v) is 1.91. The molecule has 2 aromatic rings. The molecule has 1 aliphatic rings. The number of aliphatic imine (C=N–C) groups is 1. The number of nitrogens with one attached hydrogen (secondary N) is 1. The summed E-state index contributed by atoms with van der Waals surface area (Å²) in [6.07, 6.45) is 1.33. The van der Waals surface area contributed by atoms with Crippen LogP contribution >= 0.6 is 0 Å². The second-order valence-corrected chi connectivity index (χ2v) is 4.09. The second-order valence-electron chi connectivity index (χ2n) is 4.09. The highest BCUT2D eigenvalue weighted by Crippen LogP contribution is 2.31. The van der Waals surface area contributed by atoms with Gasteiger partial charge in [-0.2, -0.15) is 0 Å². The van der Waals surface area contributed by atoms with Crippen molar-refractivity contribution in [2.45, 2.75) is 5.92 Å². The number of nitrogens with zero attached hydrogens (tertiary/aromatic N) is 1. The van der Waals surface area contributed by atoms with Gasteiger partial charge < -0.3 is 11.1 Å².